The standard InChI is InChI=1S/C19H20N2O4/c1-13-11-18(22)20-16-5-3-4-6-17(16)21(13)19(23)12-25-15-9-7-14(24-2)8-10-15/h3-10,13H,11-12H2,1-2H3,(H,20,22). The van der Waals surface area contributed by atoms with Crippen LogP contribution in [0.5, 0.6) is 11.5 Å². The molecule has 0 spiro atoms. The first-order valence-corrected chi connectivity index (χ1v) is 8.06. The normalized spacial score (nSPS) is 16.5. The van der Waals surface area contributed by atoms with E-state index in [1.54, 1.807) is 42.3 Å². The molecule has 0 saturated carbocycles. The van der Waals surface area contributed by atoms with Gasteiger partial charge in [-0.1, -0.05) is 12.1 Å². The minimum atomic E-state index is -0.254. The minimum absolute atomic E-state index is 0.105. The molecule has 0 radical (unpaired) electrons. The number of hydrogen-bond acceptors (Lipinski definition) is 4. The predicted octanol–water partition coefficient (Wildman–Crippen LogP) is 2.84. The third kappa shape index (κ3) is 3.74. The maximum atomic E-state index is 12.8. The highest BCUT2D eigenvalue weighted by atomic mass is 16.5. The van der Waals surface area contributed by atoms with Gasteiger partial charge in [0, 0.05) is 12.5 Å². The van der Waals surface area contributed by atoms with Crippen LogP contribution in [-0.2, 0) is 9.59 Å². The van der Waals surface area contributed by atoms with Gasteiger partial charge < -0.3 is 19.7 Å². The summed E-state index contributed by atoms with van der Waals surface area (Å²) < 4.78 is 10.7. The van der Waals surface area contributed by atoms with E-state index in [1.165, 1.54) is 0 Å². The molecule has 0 aromatic heterocycles. The van der Waals surface area contributed by atoms with Gasteiger partial charge in [0.25, 0.3) is 5.91 Å². The van der Waals surface area contributed by atoms with Crippen molar-refractivity contribution >= 4 is 23.2 Å². The van der Waals surface area contributed by atoms with Gasteiger partial charge in [0.1, 0.15) is 11.5 Å². The molecule has 0 fully saturated rings. The van der Waals surface area contributed by atoms with Crippen LogP contribution < -0.4 is 19.7 Å². The predicted molar refractivity (Wildman–Crippen MR) is 95.1 cm³/mol. The number of fused-ring (bicyclic) bond motifs is 1. The summed E-state index contributed by atoms with van der Waals surface area (Å²) in [6.45, 7) is 1.74. The number of anilines is 2. The van der Waals surface area contributed by atoms with Gasteiger partial charge in [-0.2, -0.15) is 0 Å². The number of ether oxygens (including phenoxy) is 2. The topological polar surface area (TPSA) is 67.9 Å². The summed E-state index contributed by atoms with van der Waals surface area (Å²) in [5.74, 6) is 0.996. The fourth-order valence-electron chi connectivity index (χ4n) is 2.85. The first kappa shape index (κ1) is 16.8. The first-order chi connectivity index (χ1) is 12.1. The van der Waals surface area contributed by atoms with Crippen LogP contribution in [0.25, 0.3) is 0 Å². The van der Waals surface area contributed by atoms with Gasteiger partial charge in [0.15, 0.2) is 6.61 Å². The van der Waals surface area contributed by atoms with Crippen LogP contribution in [0.2, 0.25) is 0 Å². The molecule has 2 aromatic carbocycles. The van der Waals surface area contributed by atoms with Crippen molar-refractivity contribution in [2.24, 2.45) is 0 Å². The fourth-order valence-corrected chi connectivity index (χ4v) is 2.85. The number of carbonyl (C=O) groups excluding carboxylic acids is 2. The molecular formula is C19H20N2O4. The molecule has 1 N–H and O–H groups in total. The summed E-state index contributed by atoms with van der Waals surface area (Å²) in [7, 11) is 1.59. The van der Waals surface area contributed by atoms with Crippen molar-refractivity contribution in [3.05, 3.63) is 48.5 Å². The number of methoxy groups -OCH3 is 1. The molecule has 2 aromatic rings. The molecule has 3 rings (SSSR count). The fraction of sp³-hybridized carbons (Fsp3) is 0.263. The molecule has 6 heteroatoms. The summed E-state index contributed by atoms with van der Waals surface area (Å²) in [5, 5.41) is 2.84. The molecule has 1 heterocycles. The molecule has 0 bridgehead atoms. The highest BCUT2D eigenvalue weighted by Crippen LogP contribution is 2.31. The number of para-hydroxylation sites is 2. The Bertz CT molecular complexity index is 773. The smallest absolute Gasteiger partial charge is 0.265 e. The lowest BCUT2D eigenvalue weighted by Gasteiger charge is -2.27. The van der Waals surface area contributed by atoms with E-state index in [2.05, 4.69) is 5.32 Å². The van der Waals surface area contributed by atoms with E-state index in [0.29, 0.717) is 17.1 Å². The number of nitrogens with one attached hydrogen (secondary N) is 1. The number of nitrogens with zero attached hydrogens (tertiary/aromatic N) is 1. The zero-order valence-corrected chi connectivity index (χ0v) is 14.2. The molecule has 6 nitrogen and oxygen atoms in total. The SMILES string of the molecule is COc1ccc(OCC(=O)N2c3ccccc3NC(=O)CC2C)cc1. The third-order valence-corrected chi connectivity index (χ3v) is 4.05. The lowest BCUT2D eigenvalue weighted by molar-refractivity contribution is -0.121. The second kappa shape index (κ2) is 7.25. The highest BCUT2D eigenvalue weighted by molar-refractivity contribution is 6.04. The van der Waals surface area contributed by atoms with Gasteiger partial charge in [0.2, 0.25) is 5.91 Å². The van der Waals surface area contributed by atoms with E-state index in [1.807, 2.05) is 25.1 Å². The third-order valence-electron chi connectivity index (χ3n) is 4.05. The Labute approximate surface area is 146 Å². The van der Waals surface area contributed by atoms with E-state index in [-0.39, 0.29) is 30.9 Å². The Balaban J connectivity index is 1.76. The Hall–Kier alpha value is -3.02. The van der Waals surface area contributed by atoms with Crippen molar-refractivity contribution in [1.82, 2.24) is 0 Å². The van der Waals surface area contributed by atoms with Crippen molar-refractivity contribution in [3.63, 3.8) is 0 Å². The van der Waals surface area contributed by atoms with E-state index < -0.39 is 0 Å². The van der Waals surface area contributed by atoms with Gasteiger partial charge in [-0.3, -0.25) is 9.59 Å². The summed E-state index contributed by atoms with van der Waals surface area (Å²) in [5.41, 5.74) is 1.32. The maximum Gasteiger partial charge on any atom is 0.265 e. The average Bonchev–Trinajstić information content (AvgIpc) is 2.74. The molecule has 25 heavy (non-hydrogen) atoms. The van der Waals surface area contributed by atoms with Crippen LogP contribution in [0.1, 0.15) is 13.3 Å². The van der Waals surface area contributed by atoms with Crippen molar-refractivity contribution in [3.8, 4) is 11.5 Å². The van der Waals surface area contributed by atoms with Crippen molar-refractivity contribution < 1.29 is 19.1 Å². The van der Waals surface area contributed by atoms with Crippen molar-refractivity contribution in [2.75, 3.05) is 23.9 Å². The number of carbonyl (C=O) groups is 2. The molecule has 1 atom stereocenters. The number of amides is 2. The highest BCUT2D eigenvalue weighted by Gasteiger charge is 2.29. The summed E-state index contributed by atoms with van der Waals surface area (Å²) in [6, 6.07) is 14.1. The number of rotatable bonds is 4. The van der Waals surface area contributed by atoms with Crippen LogP contribution in [0.15, 0.2) is 48.5 Å². The Morgan fingerprint density at radius 3 is 2.56 bits per heavy atom. The summed E-state index contributed by atoms with van der Waals surface area (Å²) in [6.07, 6.45) is 0.239. The lowest BCUT2D eigenvalue weighted by atomic mass is 10.1. The van der Waals surface area contributed by atoms with Gasteiger partial charge in [-0.25, -0.2) is 0 Å². The van der Waals surface area contributed by atoms with E-state index >= 15 is 0 Å². The van der Waals surface area contributed by atoms with Gasteiger partial charge in [-0.15, -0.1) is 0 Å². The molecule has 0 aliphatic carbocycles. The van der Waals surface area contributed by atoms with Gasteiger partial charge >= 0.3 is 0 Å². The minimum Gasteiger partial charge on any atom is -0.497 e. The Kier molecular flexibility index (Phi) is 4.88. The second-order valence-corrected chi connectivity index (χ2v) is 5.85. The van der Waals surface area contributed by atoms with Crippen molar-refractivity contribution in [1.29, 1.82) is 0 Å². The Morgan fingerprint density at radius 2 is 1.84 bits per heavy atom. The van der Waals surface area contributed by atoms with Crippen molar-refractivity contribution in [2.45, 2.75) is 19.4 Å². The van der Waals surface area contributed by atoms with E-state index in [0.717, 1.165) is 5.75 Å². The van der Waals surface area contributed by atoms with E-state index in [4.69, 9.17) is 9.47 Å². The zero-order valence-electron chi connectivity index (χ0n) is 14.2. The monoisotopic (exact) mass is 340 g/mol. The first-order valence-electron chi connectivity index (χ1n) is 8.06. The lowest BCUT2D eigenvalue weighted by Crippen LogP contribution is -2.41. The summed E-state index contributed by atoms with van der Waals surface area (Å²) >= 11 is 0. The van der Waals surface area contributed by atoms with Crippen LogP contribution in [0.3, 0.4) is 0 Å². The molecule has 2 amide bonds. The van der Waals surface area contributed by atoms with Gasteiger partial charge in [0.05, 0.1) is 18.5 Å². The molecule has 1 aliphatic rings. The largest absolute Gasteiger partial charge is 0.497 e. The molecule has 1 aliphatic heterocycles. The maximum absolute atomic E-state index is 12.8. The van der Waals surface area contributed by atoms with Crippen LogP contribution in [-0.4, -0.2) is 31.6 Å². The van der Waals surface area contributed by atoms with Crippen LogP contribution in [0.4, 0.5) is 11.4 Å². The average molecular weight is 340 g/mol. The van der Waals surface area contributed by atoms with Crippen LogP contribution >= 0.6 is 0 Å². The molecule has 0 saturated heterocycles. The van der Waals surface area contributed by atoms with Crippen LogP contribution in [0, 0.1) is 0 Å². The zero-order chi connectivity index (χ0) is 17.8. The quantitative estimate of drug-likeness (QED) is 0.929. The molecule has 1 unspecified atom stereocenters. The van der Waals surface area contributed by atoms with E-state index in [9.17, 15) is 9.59 Å². The van der Waals surface area contributed by atoms with Gasteiger partial charge in [-0.05, 0) is 43.3 Å². The second-order valence-electron chi connectivity index (χ2n) is 5.85. The number of hydrogen-bond donors (Lipinski definition) is 1. The molecular weight excluding hydrogens is 320 g/mol. The Morgan fingerprint density at radius 1 is 1.16 bits per heavy atom. The summed E-state index contributed by atoms with van der Waals surface area (Å²) in [4.78, 5) is 26.4. The molecule has 130 valence electrons. The number of benzene rings is 2.